The fourth-order valence-corrected chi connectivity index (χ4v) is 5.19. The smallest absolute Gasteiger partial charge is 0.227 e. The van der Waals surface area contributed by atoms with Gasteiger partial charge in [-0.1, -0.05) is 40.9 Å². The van der Waals surface area contributed by atoms with Crippen molar-refractivity contribution in [1.29, 1.82) is 0 Å². The number of carbonyl (C=O) groups excluding carboxylic acids is 1. The molecule has 0 unspecified atom stereocenters. The van der Waals surface area contributed by atoms with Crippen molar-refractivity contribution in [3.05, 3.63) is 45.0 Å². The number of anilines is 2. The lowest BCUT2D eigenvalue weighted by atomic mass is 10.1. The van der Waals surface area contributed by atoms with E-state index in [0.29, 0.717) is 65.5 Å². The van der Waals surface area contributed by atoms with Gasteiger partial charge in [-0.05, 0) is 51.1 Å². The third kappa shape index (κ3) is 5.83. The molecule has 2 aromatic rings. The molecule has 0 bridgehead atoms. The highest BCUT2D eigenvalue weighted by atomic mass is 35.5. The maximum absolute atomic E-state index is 12.7. The van der Waals surface area contributed by atoms with Gasteiger partial charge in [-0.25, -0.2) is 4.98 Å². The number of likely N-dealkylation sites (tertiary alicyclic amines) is 1. The maximum atomic E-state index is 12.7. The number of halogens is 3. The Morgan fingerprint density at radius 3 is 2.58 bits per heavy atom. The Kier molecular flexibility index (Phi) is 7.84. The van der Waals surface area contributed by atoms with E-state index in [9.17, 15) is 4.79 Å². The Bertz CT molecular complexity index is 998. The molecule has 2 fully saturated rings. The van der Waals surface area contributed by atoms with Crippen molar-refractivity contribution in [2.75, 3.05) is 50.0 Å². The highest BCUT2D eigenvalue weighted by molar-refractivity contribution is 6.35. The number of nitrogens with zero attached hydrogens (tertiary/aromatic N) is 5. The van der Waals surface area contributed by atoms with Gasteiger partial charge in [-0.2, -0.15) is 4.98 Å². The van der Waals surface area contributed by atoms with Gasteiger partial charge < -0.3 is 20.0 Å². The molecule has 178 valence electrons. The molecular weight excluding hydrogens is 483 g/mol. The first-order valence-electron chi connectivity index (χ1n) is 11.3. The van der Waals surface area contributed by atoms with Gasteiger partial charge in [0.2, 0.25) is 11.9 Å². The van der Waals surface area contributed by atoms with Crippen LogP contribution >= 0.6 is 34.8 Å². The van der Waals surface area contributed by atoms with Crippen molar-refractivity contribution < 1.29 is 4.79 Å². The Morgan fingerprint density at radius 1 is 1.15 bits per heavy atom. The number of piperazine rings is 1. The number of carbonyl (C=O) groups is 1. The molecule has 4 rings (SSSR count). The standard InChI is InChI=1S/C23H29Cl3N6O/c1-15(18-6-5-16(24)12-19(18)25)28-22-20(26)14-27-23(29-22)32-10-8-31(9-11-32)21(33)13-17-4-3-7-30(17)2/h5-6,12,14-15,17H,3-4,7-11,13H2,1-2H3,(H,27,28,29)/t15-,17+/m1/s1. The molecule has 1 aromatic heterocycles. The summed E-state index contributed by atoms with van der Waals surface area (Å²) in [6.07, 6.45) is 4.49. The zero-order chi connectivity index (χ0) is 23.5. The summed E-state index contributed by atoms with van der Waals surface area (Å²) in [4.78, 5) is 28.2. The predicted molar refractivity (Wildman–Crippen MR) is 135 cm³/mol. The van der Waals surface area contributed by atoms with E-state index < -0.39 is 0 Å². The van der Waals surface area contributed by atoms with E-state index in [1.807, 2.05) is 17.9 Å². The van der Waals surface area contributed by atoms with Crippen LogP contribution in [-0.4, -0.2) is 71.5 Å². The predicted octanol–water partition coefficient (Wildman–Crippen LogP) is 4.74. The zero-order valence-corrected chi connectivity index (χ0v) is 21.2. The van der Waals surface area contributed by atoms with Crippen LogP contribution in [0.25, 0.3) is 0 Å². The van der Waals surface area contributed by atoms with E-state index in [1.54, 1.807) is 18.3 Å². The number of aromatic nitrogens is 2. The minimum Gasteiger partial charge on any atom is -0.362 e. The maximum Gasteiger partial charge on any atom is 0.227 e. The van der Waals surface area contributed by atoms with Crippen molar-refractivity contribution >= 4 is 52.5 Å². The number of amides is 1. The normalized spacial score (nSPS) is 20.2. The van der Waals surface area contributed by atoms with E-state index in [0.717, 1.165) is 18.5 Å². The van der Waals surface area contributed by atoms with Crippen LogP contribution < -0.4 is 10.2 Å². The molecule has 1 amide bonds. The monoisotopic (exact) mass is 510 g/mol. The Morgan fingerprint density at radius 2 is 1.91 bits per heavy atom. The summed E-state index contributed by atoms with van der Waals surface area (Å²) >= 11 is 18.7. The average molecular weight is 512 g/mol. The largest absolute Gasteiger partial charge is 0.362 e. The molecule has 10 heteroatoms. The molecule has 2 aliphatic heterocycles. The summed E-state index contributed by atoms with van der Waals surface area (Å²) in [5, 5.41) is 4.94. The number of hydrogen-bond acceptors (Lipinski definition) is 6. The minimum absolute atomic E-state index is 0.127. The molecule has 0 radical (unpaired) electrons. The summed E-state index contributed by atoms with van der Waals surface area (Å²) < 4.78 is 0. The van der Waals surface area contributed by atoms with Crippen LogP contribution in [0.5, 0.6) is 0 Å². The zero-order valence-electron chi connectivity index (χ0n) is 18.9. The first-order valence-corrected chi connectivity index (χ1v) is 12.4. The molecule has 1 aromatic carbocycles. The topological polar surface area (TPSA) is 64.6 Å². The molecule has 1 N–H and O–H groups in total. The van der Waals surface area contributed by atoms with Gasteiger partial charge >= 0.3 is 0 Å². The highest BCUT2D eigenvalue weighted by Crippen LogP contribution is 2.31. The summed E-state index contributed by atoms with van der Waals surface area (Å²) in [5.41, 5.74) is 0.900. The van der Waals surface area contributed by atoms with Crippen LogP contribution in [0.2, 0.25) is 15.1 Å². The van der Waals surface area contributed by atoms with Crippen molar-refractivity contribution in [2.24, 2.45) is 0 Å². The third-order valence-electron chi connectivity index (χ3n) is 6.51. The third-order valence-corrected chi connectivity index (χ3v) is 7.35. The Balaban J connectivity index is 1.37. The second-order valence-corrected chi connectivity index (χ2v) is 10.00. The number of benzene rings is 1. The summed E-state index contributed by atoms with van der Waals surface area (Å²) in [5.74, 6) is 1.38. The van der Waals surface area contributed by atoms with E-state index in [4.69, 9.17) is 34.8 Å². The van der Waals surface area contributed by atoms with Crippen molar-refractivity contribution in [1.82, 2.24) is 19.8 Å². The van der Waals surface area contributed by atoms with Crippen molar-refractivity contribution in [3.63, 3.8) is 0 Å². The molecule has 0 saturated carbocycles. The van der Waals surface area contributed by atoms with E-state index >= 15 is 0 Å². The second kappa shape index (κ2) is 10.6. The molecule has 2 atom stereocenters. The quantitative estimate of drug-likeness (QED) is 0.604. The Hall–Kier alpha value is -1.80. The van der Waals surface area contributed by atoms with Crippen molar-refractivity contribution in [2.45, 2.75) is 38.3 Å². The van der Waals surface area contributed by atoms with Gasteiger partial charge in [-0.15, -0.1) is 0 Å². The van der Waals surface area contributed by atoms with Crippen LogP contribution in [0.1, 0.15) is 37.8 Å². The molecular formula is C23H29Cl3N6O. The molecule has 33 heavy (non-hydrogen) atoms. The molecule has 2 aliphatic rings. The van der Waals surface area contributed by atoms with E-state index in [-0.39, 0.29) is 11.9 Å². The van der Waals surface area contributed by atoms with Gasteiger partial charge in [0.05, 0.1) is 12.2 Å². The lowest BCUT2D eigenvalue weighted by Crippen LogP contribution is -2.50. The van der Waals surface area contributed by atoms with Gasteiger partial charge in [0.15, 0.2) is 5.82 Å². The molecule has 7 nitrogen and oxygen atoms in total. The van der Waals surface area contributed by atoms with Crippen LogP contribution in [-0.2, 0) is 4.79 Å². The van der Waals surface area contributed by atoms with E-state index in [1.165, 1.54) is 6.42 Å². The Labute approximate surface area is 210 Å². The van der Waals surface area contributed by atoms with Crippen LogP contribution in [0.4, 0.5) is 11.8 Å². The summed E-state index contributed by atoms with van der Waals surface area (Å²) in [7, 11) is 2.11. The molecule has 0 aliphatic carbocycles. The van der Waals surface area contributed by atoms with Gasteiger partial charge in [0.1, 0.15) is 5.02 Å². The summed E-state index contributed by atoms with van der Waals surface area (Å²) in [6, 6.07) is 5.66. The minimum atomic E-state index is -0.127. The van der Waals surface area contributed by atoms with Gasteiger partial charge in [0.25, 0.3) is 0 Å². The van der Waals surface area contributed by atoms with Gasteiger partial charge in [0, 0.05) is 48.7 Å². The highest BCUT2D eigenvalue weighted by Gasteiger charge is 2.28. The second-order valence-electron chi connectivity index (χ2n) is 8.75. The first-order chi connectivity index (χ1) is 15.8. The summed E-state index contributed by atoms with van der Waals surface area (Å²) in [6.45, 7) is 5.78. The molecule has 2 saturated heterocycles. The number of hydrogen-bond donors (Lipinski definition) is 1. The lowest BCUT2D eigenvalue weighted by Gasteiger charge is -2.35. The van der Waals surface area contributed by atoms with Crippen LogP contribution in [0.15, 0.2) is 24.4 Å². The average Bonchev–Trinajstić information content (AvgIpc) is 3.19. The molecule has 0 spiro atoms. The molecule has 3 heterocycles. The number of nitrogens with one attached hydrogen (secondary N) is 1. The van der Waals surface area contributed by atoms with E-state index in [2.05, 4.69) is 32.1 Å². The van der Waals surface area contributed by atoms with Gasteiger partial charge in [-0.3, -0.25) is 4.79 Å². The van der Waals surface area contributed by atoms with Crippen molar-refractivity contribution in [3.8, 4) is 0 Å². The number of rotatable bonds is 6. The fourth-order valence-electron chi connectivity index (χ4n) is 4.47. The van der Waals surface area contributed by atoms with Crippen LogP contribution in [0.3, 0.4) is 0 Å². The lowest BCUT2D eigenvalue weighted by molar-refractivity contribution is -0.132. The fraction of sp³-hybridized carbons (Fsp3) is 0.522. The first kappa shape index (κ1) is 24.3. The SMILES string of the molecule is C[C@@H](Nc1nc(N2CCN(C(=O)C[C@@H]3CCCN3C)CC2)ncc1Cl)c1ccc(Cl)cc1Cl. The van der Waals surface area contributed by atoms with Crippen LogP contribution in [0, 0.1) is 0 Å².